The van der Waals surface area contributed by atoms with E-state index in [1.807, 2.05) is 0 Å². The molecule has 0 amide bonds. The van der Waals surface area contributed by atoms with Gasteiger partial charge in [0.2, 0.25) is 6.04 Å². The standard InChI is InChI=1S/C9H11NO3/c1-13-7-4-2-6(3-5-7)8(10)9(11)12/h2-5,8H,10H2,1H3,(H,11,12)/p+1/t8-/m0/s1. The van der Waals surface area contributed by atoms with Crippen LogP contribution < -0.4 is 10.5 Å². The van der Waals surface area contributed by atoms with Gasteiger partial charge < -0.3 is 15.6 Å². The fraction of sp³-hybridized carbons (Fsp3) is 0.222. The average Bonchev–Trinajstić information content (AvgIpc) is 2.17. The third kappa shape index (κ3) is 2.19. The fourth-order valence-corrected chi connectivity index (χ4v) is 0.979. The summed E-state index contributed by atoms with van der Waals surface area (Å²) in [5.74, 6) is -0.216. The summed E-state index contributed by atoms with van der Waals surface area (Å²) < 4.78 is 4.94. The molecule has 0 radical (unpaired) electrons. The van der Waals surface area contributed by atoms with Gasteiger partial charge in [0.1, 0.15) is 5.75 Å². The van der Waals surface area contributed by atoms with E-state index >= 15 is 0 Å². The van der Waals surface area contributed by atoms with Crippen LogP contribution in [0.15, 0.2) is 24.3 Å². The summed E-state index contributed by atoms with van der Waals surface area (Å²) in [6.45, 7) is 0. The van der Waals surface area contributed by atoms with Crippen LogP contribution in [-0.2, 0) is 4.79 Å². The molecule has 1 rings (SSSR count). The van der Waals surface area contributed by atoms with Gasteiger partial charge in [0.05, 0.1) is 7.11 Å². The van der Waals surface area contributed by atoms with Crippen LogP contribution >= 0.6 is 0 Å². The van der Waals surface area contributed by atoms with Gasteiger partial charge in [-0.25, -0.2) is 4.79 Å². The molecule has 4 N–H and O–H groups in total. The van der Waals surface area contributed by atoms with Crippen molar-refractivity contribution in [2.24, 2.45) is 0 Å². The summed E-state index contributed by atoms with van der Waals surface area (Å²) in [6, 6.07) is 6.12. The summed E-state index contributed by atoms with van der Waals surface area (Å²) in [7, 11) is 1.56. The Morgan fingerprint density at radius 1 is 1.46 bits per heavy atom. The Hall–Kier alpha value is -1.55. The molecule has 70 valence electrons. The van der Waals surface area contributed by atoms with E-state index < -0.39 is 12.0 Å². The number of aliphatic carboxylic acids is 1. The minimum Gasteiger partial charge on any atom is -0.497 e. The number of carboxylic acids is 1. The second kappa shape index (κ2) is 3.91. The van der Waals surface area contributed by atoms with E-state index in [4.69, 9.17) is 9.84 Å². The van der Waals surface area contributed by atoms with Crippen molar-refractivity contribution in [2.45, 2.75) is 6.04 Å². The molecule has 1 atom stereocenters. The molecule has 4 nitrogen and oxygen atoms in total. The van der Waals surface area contributed by atoms with E-state index in [9.17, 15) is 4.79 Å². The number of benzene rings is 1. The molecule has 1 aromatic carbocycles. The summed E-state index contributed by atoms with van der Waals surface area (Å²) in [5.41, 5.74) is 4.20. The molecule has 0 aromatic heterocycles. The first kappa shape index (κ1) is 9.54. The van der Waals surface area contributed by atoms with Gasteiger partial charge in [-0.3, -0.25) is 0 Å². The van der Waals surface area contributed by atoms with Crippen LogP contribution in [0.2, 0.25) is 0 Å². The number of ether oxygens (including phenoxy) is 1. The molecule has 4 heteroatoms. The van der Waals surface area contributed by atoms with Gasteiger partial charge in [-0.2, -0.15) is 0 Å². The molecule has 0 aliphatic carbocycles. The topological polar surface area (TPSA) is 74.2 Å². The third-order valence-corrected chi connectivity index (χ3v) is 1.82. The molecule has 0 heterocycles. The molecule has 13 heavy (non-hydrogen) atoms. The zero-order valence-corrected chi connectivity index (χ0v) is 7.36. The minimum atomic E-state index is -0.926. The molecule has 0 aliphatic heterocycles. The van der Waals surface area contributed by atoms with E-state index in [0.717, 1.165) is 0 Å². The van der Waals surface area contributed by atoms with E-state index in [0.29, 0.717) is 11.3 Å². The van der Waals surface area contributed by atoms with Crippen LogP contribution in [0.25, 0.3) is 0 Å². The van der Waals surface area contributed by atoms with Gasteiger partial charge in [-0.05, 0) is 24.3 Å². The molecule has 0 spiro atoms. The highest BCUT2D eigenvalue weighted by Gasteiger charge is 2.17. The normalized spacial score (nSPS) is 12.2. The SMILES string of the molecule is COc1ccc([C@H]([NH3+])C(=O)O)cc1. The van der Waals surface area contributed by atoms with Crippen molar-refractivity contribution < 1.29 is 20.4 Å². The number of rotatable bonds is 3. The molecule has 0 fully saturated rings. The van der Waals surface area contributed by atoms with Gasteiger partial charge in [0.25, 0.3) is 0 Å². The highest BCUT2D eigenvalue weighted by atomic mass is 16.5. The van der Waals surface area contributed by atoms with E-state index in [2.05, 4.69) is 5.73 Å². The molecule has 0 saturated heterocycles. The van der Waals surface area contributed by atoms with Crippen molar-refractivity contribution in [2.75, 3.05) is 7.11 Å². The first-order chi connectivity index (χ1) is 6.15. The highest BCUT2D eigenvalue weighted by Crippen LogP contribution is 2.14. The summed E-state index contributed by atoms with van der Waals surface area (Å²) in [4.78, 5) is 10.6. The van der Waals surface area contributed by atoms with Gasteiger partial charge >= 0.3 is 5.97 Å². The molecule has 0 unspecified atom stereocenters. The lowest BCUT2D eigenvalue weighted by atomic mass is 10.1. The van der Waals surface area contributed by atoms with Gasteiger partial charge in [0.15, 0.2) is 0 Å². The molecule has 0 bridgehead atoms. The highest BCUT2D eigenvalue weighted by molar-refractivity contribution is 5.73. The van der Waals surface area contributed by atoms with Crippen LogP contribution in [0, 0.1) is 0 Å². The lowest BCUT2D eigenvalue weighted by Gasteiger charge is -2.04. The van der Waals surface area contributed by atoms with Crippen molar-refractivity contribution in [1.29, 1.82) is 0 Å². The first-order valence-electron chi connectivity index (χ1n) is 3.85. The molecule has 0 saturated carbocycles. The van der Waals surface area contributed by atoms with E-state index in [-0.39, 0.29) is 0 Å². The fourth-order valence-electron chi connectivity index (χ4n) is 0.979. The second-order valence-corrected chi connectivity index (χ2v) is 2.66. The Morgan fingerprint density at radius 3 is 2.38 bits per heavy atom. The van der Waals surface area contributed by atoms with Crippen LogP contribution in [0.4, 0.5) is 0 Å². The van der Waals surface area contributed by atoms with E-state index in [1.54, 1.807) is 31.4 Å². The van der Waals surface area contributed by atoms with Gasteiger partial charge in [-0.15, -0.1) is 0 Å². The van der Waals surface area contributed by atoms with Crippen molar-refractivity contribution >= 4 is 5.97 Å². The second-order valence-electron chi connectivity index (χ2n) is 2.66. The Labute approximate surface area is 75.9 Å². The predicted octanol–water partition coefficient (Wildman–Crippen LogP) is 0.0628. The van der Waals surface area contributed by atoms with Gasteiger partial charge in [0, 0.05) is 5.56 Å². The maximum Gasteiger partial charge on any atom is 0.367 e. The van der Waals surface area contributed by atoms with Gasteiger partial charge in [-0.1, -0.05) is 0 Å². The van der Waals surface area contributed by atoms with Crippen LogP contribution in [0.1, 0.15) is 11.6 Å². The quantitative estimate of drug-likeness (QED) is 0.694. The number of quaternary nitrogens is 1. The average molecular weight is 182 g/mol. The number of hydrogen-bond acceptors (Lipinski definition) is 2. The Kier molecular flexibility index (Phi) is 2.87. The zero-order chi connectivity index (χ0) is 9.84. The van der Waals surface area contributed by atoms with Crippen molar-refractivity contribution in [3.05, 3.63) is 29.8 Å². The monoisotopic (exact) mass is 182 g/mol. The first-order valence-corrected chi connectivity index (χ1v) is 3.85. The summed E-state index contributed by atoms with van der Waals surface area (Å²) in [5, 5.41) is 8.67. The molecular weight excluding hydrogens is 170 g/mol. The van der Waals surface area contributed by atoms with Crippen LogP contribution in [-0.4, -0.2) is 18.2 Å². The van der Waals surface area contributed by atoms with Crippen molar-refractivity contribution in [3.63, 3.8) is 0 Å². The summed E-state index contributed by atoms with van der Waals surface area (Å²) in [6.07, 6.45) is 0. The van der Waals surface area contributed by atoms with E-state index in [1.165, 1.54) is 0 Å². The predicted molar refractivity (Wildman–Crippen MR) is 46.3 cm³/mol. The van der Waals surface area contributed by atoms with Crippen LogP contribution in [0.3, 0.4) is 0 Å². The van der Waals surface area contributed by atoms with Crippen molar-refractivity contribution in [3.8, 4) is 5.75 Å². The number of hydrogen-bond donors (Lipinski definition) is 2. The maximum atomic E-state index is 10.6. The zero-order valence-electron chi connectivity index (χ0n) is 7.36. The Bertz CT molecular complexity index is 294. The number of methoxy groups -OCH3 is 1. The lowest BCUT2D eigenvalue weighted by Crippen LogP contribution is -2.57. The molecule has 1 aromatic rings. The van der Waals surface area contributed by atoms with Crippen LogP contribution in [0.5, 0.6) is 5.75 Å². The summed E-state index contributed by atoms with van der Waals surface area (Å²) >= 11 is 0. The Morgan fingerprint density at radius 2 is 2.00 bits per heavy atom. The molecular formula is C9H12NO3+. The Balaban J connectivity index is 2.85. The third-order valence-electron chi connectivity index (χ3n) is 1.82. The van der Waals surface area contributed by atoms with Crippen molar-refractivity contribution in [1.82, 2.24) is 0 Å². The number of carboxylic acid groups (broad SMARTS) is 1. The maximum absolute atomic E-state index is 10.6. The largest absolute Gasteiger partial charge is 0.497 e. The smallest absolute Gasteiger partial charge is 0.367 e. The number of carbonyl (C=O) groups is 1. The lowest BCUT2D eigenvalue weighted by molar-refractivity contribution is -0.413. The minimum absolute atomic E-state index is 0.674. The molecule has 0 aliphatic rings.